The molecule has 71 heavy (non-hydrogen) atoms. The van der Waals surface area contributed by atoms with Gasteiger partial charge in [0.1, 0.15) is 5.75 Å². The van der Waals surface area contributed by atoms with Crippen LogP contribution in [0, 0.1) is 41.4 Å². The number of carbonyl (C=O) groups is 7. The van der Waals surface area contributed by atoms with E-state index in [0.717, 1.165) is 0 Å². The van der Waals surface area contributed by atoms with Crippen LogP contribution in [0.4, 0.5) is 0 Å². The average molecular weight is 1020 g/mol. The number of methoxy groups -OCH3 is 2. The molecule has 0 aliphatic carbocycles. The Hall–Kier alpha value is -4.10. The van der Waals surface area contributed by atoms with Gasteiger partial charge in [0.05, 0.1) is 53.6 Å². The van der Waals surface area contributed by atoms with Crippen LogP contribution in [-0.2, 0) is 59.3 Å². The van der Waals surface area contributed by atoms with E-state index in [-0.39, 0.29) is 103 Å². The Kier molecular flexibility index (Phi) is 26.2. The number of likely N-dealkylation sites (tertiary alicyclic amines) is 1. The van der Waals surface area contributed by atoms with Gasteiger partial charge in [-0.05, 0) is 81.1 Å². The fourth-order valence-corrected chi connectivity index (χ4v) is 11.6. The second-order valence-corrected chi connectivity index (χ2v) is 23.1. The SMILES string of the molecule is CC[C@H](C)[C@@H]([C@@H](CC(=O)N1CCC[C@H]1[C@H](OC)[C@@H](C)C(=O)CS(=O)(=O)c1ccc(CC(=O)[C@H](CCCCC(N)=O)NC(=O)[C@@H](CN)C(C)C)cc1)OC)N(C)C(=O)[C@@H](CC(=O)[C@H](C(C)C)N(C)C)C(C)C. The summed E-state index contributed by atoms with van der Waals surface area (Å²) in [6.45, 7) is 17.7. The van der Waals surface area contributed by atoms with Crippen molar-refractivity contribution in [2.75, 3.05) is 54.2 Å². The summed E-state index contributed by atoms with van der Waals surface area (Å²) < 4.78 is 39.4. The summed E-state index contributed by atoms with van der Waals surface area (Å²) in [4.78, 5) is 99.3. The predicted octanol–water partition coefficient (Wildman–Crippen LogP) is 4.64. The first-order chi connectivity index (χ1) is 33.2. The van der Waals surface area contributed by atoms with Crippen LogP contribution in [-0.4, -0.2) is 155 Å². The van der Waals surface area contributed by atoms with Gasteiger partial charge in [-0.15, -0.1) is 0 Å². The maximum absolute atomic E-state index is 14.4. The number of ether oxygens (including phenoxy) is 2. The van der Waals surface area contributed by atoms with Gasteiger partial charge < -0.3 is 36.1 Å². The quantitative estimate of drug-likeness (QED) is 0.0814. The van der Waals surface area contributed by atoms with Crippen molar-refractivity contribution >= 4 is 50.8 Å². The van der Waals surface area contributed by atoms with E-state index in [1.165, 1.54) is 38.5 Å². The zero-order valence-electron chi connectivity index (χ0n) is 45.4. The molecular weight excluding hydrogens is 929 g/mol. The minimum atomic E-state index is -4.15. The Labute approximate surface area is 425 Å². The minimum Gasteiger partial charge on any atom is -0.379 e. The summed E-state index contributed by atoms with van der Waals surface area (Å²) in [5.41, 5.74) is 11.6. The molecule has 4 amide bonds. The maximum atomic E-state index is 14.4. The molecule has 17 nitrogen and oxygen atoms in total. The molecule has 1 saturated heterocycles. The zero-order chi connectivity index (χ0) is 54.1. The normalized spacial score (nSPS) is 18.1. The lowest BCUT2D eigenvalue weighted by molar-refractivity contribution is -0.149. The predicted molar refractivity (Wildman–Crippen MR) is 276 cm³/mol. The molecular formula is C53H90N6O11S. The molecule has 0 radical (unpaired) electrons. The Balaban J connectivity index is 2.26. The monoisotopic (exact) mass is 1020 g/mol. The lowest BCUT2D eigenvalue weighted by Crippen LogP contribution is -2.54. The van der Waals surface area contributed by atoms with E-state index in [9.17, 15) is 42.0 Å². The molecule has 1 heterocycles. The number of nitrogens with two attached hydrogens (primary N) is 2. The van der Waals surface area contributed by atoms with Crippen LogP contribution in [0.5, 0.6) is 0 Å². The van der Waals surface area contributed by atoms with E-state index in [2.05, 4.69) is 5.32 Å². The number of amides is 4. The van der Waals surface area contributed by atoms with Crippen LogP contribution in [0.25, 0.3) is 0 Å². The molecule has 404 valence electrons. The number of ketones is 3. The smallest absolute Gasteiger partial charge is 0.226 e. The number of benzene rings is 1. The number of rotatable bonds is 33. The van der Waals surface area contributed by atoms with Crippen molar-refractivity contribution in [2.45, 2.75) is 168 Å². The van der Waals surface area contributed by atoms with E-state index in [1.54, 1.807) is 23.8 Å². The molecule has 0 bridgehead atoms. The Bertz CT molecular complexity index is 2020. The fourth-order valence-electron chi connectivity index (χ4n) is 10.3. The largest absolute Gasteiger partial charge is 0.379 e. The molecule has 10 atom stereocenters. The van der Waals surface area contributed by atoms with Gasteiger partial charge in [-0.25, -0.2) is 8.42 Å². The van der Waals surface area contributed by atoms with Crippen molar-refractivity contribution < 1.29 is 51.5 Å². The number of nitrogens with one attached hydrogen (secondary N) is 1. The molecule has 1 aromatic rings. The molecule has 1 aliphatic heterocycles. The van der Waals surface area contributed by atoms with Crippen molar-refractivity contribution in [3.63, 3.8) is 0 Å². The number of hydrogen-bond donors (Lipinski definition) is 3. The van der Waals surface area contributed by atoms with Crippen LogP contribution in [0.3, 0.4) is 0 Å². The summed E-state index contributed by atoms with van der Waals surface area (Å²) in [6.07, 6.45) is 1.61. The highest BCUT2D eigenvalue weighted by Crippen LogP contribution is 2.32. The lowest BCUT2D eigenvalue weighted by Gasteiger charge is -2.41. The van der Waals surface area contributed by atoms with E-state index in [1.807, 2.05) is 74.4 Å². The van der Waals surface area contributed by atoms with Crippen LogP contribution >= 0.6 is 0 Å². The summed E-state index contributed by atoms with van der Waals surface area (Å²) in [5, 5.41) is 2.84. The molecule has 0 spiro atoms. The molecule has 1 fully saturated rings. The standard InChI is InChI=1S/C53H90N6O11S/c1-15-35(8)50(58(12)53(66)39(32(2)3)28-44(61)49(34(6)7)57(10)11)46(69-13)29-48(64)59-26-18-20-42(59)51(70-14)36(9)45(62)31-71(67,68)38-24-22-37(23-25-38)27-43(60)41(19-16-17-21-47(55)63)56-52(65)40(30-54)33(4)5/h22-25,32-36,39-42,46,49-51H,15-21,26-31,54H2,1-14H3,(H2,55,63)(H,56,65)/t35-,36-,39-,40-,41-,42-,46+,49-,50-,51+/m0/s1. The molecule has 0 aromatic heterocycles. The number of primary amides is 1. The zero-order valence-corrected chi connectivity index (χ0v) is 46.2. The average Bonchev–Trinajstić information content (AvgIpc) is 3.78. The minimum absolute atomic E-state index is 0.00610. The Morgan fingerprint density at radius 2 is 1.42 bits per heavy atom. The number of carbonyl (C=O) groups excluding carboxylic acids is 7. The van der Waals surface area contributed by atoms with Gasteiger partial charge in [0.2, 0.25) is 23.6 Å². The second kappa shape index (κ2) is 29.6. The highest BCUT2D eigenvalue weighted by Gasteiger charge is 2.44. The second-order valence-electron chi connectivity index (χ2n) is 21.1. The van der Waals surface area contributed by atoms with E-state index < -0.39 is 75.4 Å². The van der Waals surface area contributed by atoms with Crippen molar-refractivity contribution in [2.24, 2.45) is 52.9 Å². The summed E-state index contributed by atoms with van der Waals surface area (Å²) >= 11 is 0. The third-order valence-corrected chi connectivity index (χ3v) is 16.3. The number of Topliss-reactive ketones (excluding diaryl/α,β-unsaturated/α-hetero) is 3. The number of likely N-dealkylation sites (N-methyl/N-ethyl adjacent to an activating group) is 2. The van der Waals surface area contributed by atoms with E-state index >= 15 is 0 Å². The third-order valence-electron chi connectivity index (χ3n) is 14.7. The van der Waals surface area contributed by atoms with Crippen LogP contribution < -0.4 is 16.8 Å². The number of hydrogen-bond acceptors (Lipinski definition) is 13. The number of unbranched alkanes of at least 4 members (excludes halogenated alkanes) is 1. The molecule has 0 saturated carbocycles. The van der Waals surface area contributed by atoms with Crippen molar-refractivity contribution in [3.05, 3.63) is 29.8 Å². The number of nitrogens with zero attached hydrogens (tertiary/aromatic N) is 3. The van der Waals surface area contributed by atoms with Gasteiger partial charge in [-0.2, -0.15) is 0 Å². The van der Waals surface area contributed by atoms with Gasteiger partial charge in [-0.1, -0.05) is 87.3 Å². The molecule has 1 aliphatic rings. The van der Waals surface area contributed by atoms with Crippen LogP contribution in [0.1, 0.15) is 126 Å². The number of sulfone groups is 1. The van der Waals surface area contributed by atoms with Crippen molar-refractivity contribution in [1.82, 2.24) is 20.0 Å². The first-order valence-electron chi connectivity index (χ1n) is 25.7. The molecule has 18 heteroatoms. The van der Waals surface area contributed by atoms with Crippen LogP contribution in [0.2, 0.25) is 0 Å². The lowest BCUT2D eigenvalue weighted by atomic mass is 9.83. The van der Waals surface area contributed by atoms with Crippen molar-refractivity contribution in [1.29, 1.82) is 0 Å². The van der Waals surface area contributed by atoms with Crippen molar-refractivity contribution in [3.8, 4) is 0 Å². The molecule has 0 unspecified atom stereocenters. The van der Waals surface area contributed by atoms with Gasteiger partial charge in [0.25, 0.3) is 0 Å². The fraction of sp³-hybridized carbons (Fsp3) is 0.755. The first kappa shape index (κ1) is 63.0. The highest BCUT2D eigenvalue weighted by atomic mass is 32.2. The van der Waals surface area contributed by atoms with Gasteiger partial charge in [-0.3, -0.25) is 38.5 Å². The molecule has 2 rings (SSSR count). The van der Waals surface area contributed by atoms with E-state index in [0.29, 0.717) is 44.2 Å². The molecule has 5 N–H and O–H groups in total. The van der Waals surface area contributed by atoms with Gasteiger partial charge in [0.15, 0.2) is 27.2 Å². The summed E-state index contributed by atoms with van der Waals surface area (Å²) in [5.74, 6) is -5.09. The Morgan fingerprint density at radius 3 is 1.92 bits per heavy atom. The summed E-state index contributed by atoms with van der Waals surface area (Å²) in [6, 6.07) is 3.49. The van der Waals surface area contributed by atoms with Gasteiger partial charge in [0, 0.05) is 65.5 Å². The first-order valence-corrected chi connectivity index (χ1v) is 27.3. The highest BCUT2D eigenvalue weighted by molar-refractivity contribution is 7.92. The molecule has 1 aromatic carbocycles. The maximum Gasteiger partial charge on any atom is 0.226 e. The Morgan fingerprint density at radius 1 is 0.817 bits per heavy atom. The topological polar surface area (TPSA) is 246 Å². The van der Waals surface area contributed by atoms with E-state index in [4.69, 9.17) is 20.9 Å². The summed E-state index contributed by atoms with van der Waals surface area (Å²) in [7, 11) is 4.28. The third kappa shape index (κ3) is 18.1. The van der Waals surface area contributed by atoms with Gasteiger partial charge >= 0.3 is 0 Å². The van der Waals surface area contributed by atoms with Crippen LogP contribution in [0.15, 0.2) is 29.2 Å².